The van der Waals surface area contributed by atoms with Gasteiger partial charge in [-0.15, -0.1) is 0 Å². The summed E-state index contributed by atoms with van der Waals surface area (Å²) in [6, 6.07) is 8.05. The normalized spacial score (nSPS) is 18.4. The molecule has 0 unspecified atom stereocenters. The molecule has 202 valence electrons. The second-order valence-electron chi connectivity index (χ2n) is 11.4. The van der Waals surface area contributed by atoms with Crippen LogP contribution in [0.15, 0.2) is 24.3 Å². The Morgan fingerprint density at radius 2 is 1.54 bits per heavy atom. The predicted octanol–water partition coefficient (Wildman–Crippen LogP) is 5.31. The van der Waals surface area contributed by atoms with Crippen molar-refractivity contribution in [3.05, 3.63) is 57.6 Å². The van der Waals surface area contributed by atoms with E-state index in [1.807, 2.05) is 65.8 Å². The van der Waals surface area contributed by atoms with E-state index in [1.165, 1.54) is 0 Å². The van der Waals surface area contributed by atoms with Crippen LogP contribution in [0.5, 0.6) is 0 Å². The topological polar surface area (TPSA) is 87.1 Å². The maximum Gasteiger partial charge on any atom is 0.337 e. The maximum absolute atomic E-state index is 13.5. The first-order valence-corrected chi connectivity index (χ1v) is 14.6. The van der Waals surface area contributed by atoms with Gasteiger partial charge >= 0.3 is 5.97 Å². The van der Waals surface area contributed by atoms with Crippen LogP contribution in [0.1, 0.15) is 79.5 Å². The molecule has 37 heavy (non-hydrogen) atoms. The number of aryl methyl sites for hydroxylation is 1. The van der Waals surface area contributed by atoms with E-state index in [0.29, 0.717) is 31.6 Å². The SMILES string of the molecule is Cc1ccc(-c2c(C)c3c(c(C)c2[C@H](OC(C)(C)C)C(=O)O)CCN(S(=O)(=O)N2CCCCC2)C3)cc1. The molecule has 1 atom stereocenters. The fourth-order valence-corrected chi connectivity index (χ4v) is 7.32. The minimum absolute atomic E-state index is 0.290. The van der Waals surface area contributed by atoms with Crippen molar-refractivity contribution in [2.75, 3.05) is 19.6 Å². The van der Waals surface area contributed by atoms with Crippen LogP contribution in [0.3, 0.4) is 0 Å². The summed E-state index contributed by atoms with van der Waals surface area (Å²) in [6.07, 6.45) is 2.26. The zero-order valence-electron chi connectivity index (χ0n) is 22.9. The highest BCUT2D eigenvalue weighted by molar-refractivity contribution is 7.86. The van der Waals surface area contributed by atoms with Crippen molar-refractivity contribution >= 4 is 16.2 Å². The lowest BCUT2D eigenvalue weighted by Crippen LogP contribution is -2.47. The third-order valence-electron chi connectivity index (χ3n) is 7.53. The van der Waals surface area contributed by atoms with Gasteiger partial charge in [-0.25, -0.2) is 4.79 Å². The predicted molar refractivity (Wildman–Crippen MR) is 146 cm³/mol. The highest BCUT2D eigenvalue weighted by atomic mass is 32.2. The van der Waals surface area contributed by atoms with Crippen LogP contribution >= 0.6 is 0 Å². The Kier molecular flexibility index (Phi) is 7.87. The van der Waals surface area contributed by atoms with Gasteiger partial charge in [-0.2, -0.15) is 17.0 Å². The monoisotopic (exact) mass is 528 g/mol. The number of piperidine rings is 1. The zero-order valence-corrected chi connectivity index (χ0v) is 23.7. The maximum atomic E-state index is 13.5. The average molecular weight is 529 g/mol. The number of fused-ring (bicyclic) bond motifs is 1. The molecule has 8 heteroatoms. The number of aliphatic carboxylic acids is 1. The van der Waals surface area contributed by atoms with Gasteiger partial charge in [0.1, 0.15) is 0 Å². The van der Waals surface area contributed by atoms with Crippen molar-refractivity contribution in [2.24, 2.45) is 0 Å². The van der Waals surface area contributed by atoms with Gasteiger partial charge in [-0.05, 0) is 94.2 Å². The number of benzene rings is 2. The number of rotatable bonds is 6. The van der Waals surface area contributed by atoms with E-state index in [9.17, 15) is 18.3 Å². The fourth-order valence-electron chi connectivity index (χ4n) is 5.66. The Balaban J connectivity index is 1.88. The number of nitrogens with zero attached hydrogens (tertiary/aromatic N) is 2. The Labute approximate surface area is 221 Å². The molecular formula is C29H40N2O5S. The molecule has 0 aromatic heterocycles. The van der Waals surface area contributed by atoms with Gasteiger partial charge in [0.25, 0.3) is 10.2 Å². The molecule has 1 fully saturated rings. The molecule has 0 spiro atoms. The number of carboxylic acid groups (broad SMARTS) is 1. The van der Waals surface area contributed by atoms with E-state index >= 15 is 0 Å². The molecule has 0 bridgehead atoms. The van der Waals surface area contributed by atoms with E-state index in [-0.39, 0.29) is 6.54 Å². The Morgan fingerprint density at radius 1 is 0.919 bits per heavy atom. The Morgan fingerprint density at radius 3 is 2.11 bits per heavy atom. The van der Waals surface area contributed by atoms with Crippen LogP contribution < -0.4 is 0 Å². The minimum atomic E-state index is -3.56. The van der Waals surface area contributed by atoms with E-state index in [1.54, 1.807) is 8.61 Å². The van der Waals surface area contributed by atoms with Crippen LogP contribution in [-0.2, 0) is 32.7 Å². The minimum Gasteiger partial charge on any atom is -0.479 e. The van der Waals surface area contributed by atoms with Gasteiger partial charge in [-0.1, -0.05) is 36.2 Å². The molecule has 2 aliphatic rings. The third kappa shape index (κ3) is 5.62. The summed E-state index contributed by atoms with van der Waals surface area (Å²) in [4.78, 5) is 12.6. The van der Waals surface area contributed by atoms with Crippen LogP contribution in [0, 0.1) is 20.8 Å². The van der Waals surface area contributed by atoms with E-state index in [2.05, 4.69) is 0 Å². The number of ether oxygens (including phenoxy) is 1. The molecule has 2 heterocycles. The van der Waals surface area contributed by atoms with Crippen molar-refractivity contribution in [1.29, 1.82) is 0 Å². The van der Waals surface area contributed by atoms with Crippen LogP contribution in [-0.4, -0.2) is 53.3 Å². The first-order valence-electron chi connectivity index (χ1n) is 13.2. The largest absolute Gasteiger partial charge is 0.479 e. The number of carbonyl (C=O) groups is 1. The Hall–Kier alpha value is -2.26. The molecule has 4 rings (SSSR count). The number of hydrogen-bond donors (Lipinski definition) is 1. The van der Waals surface area contributed by atoms with E-state index in [0.717, 1.165) is 58.2 Å². The molecule has 1 saturated heterocycles. The number of hydrogen-bond acceptors (Lipinski definition) is 4. The van der Waals surface area contributed by atoms with Gasteiger partial charge < -0.3 is 9.84 Å². The standard InChI is InChI=1S/C29H40N2O5S/c1-19-10-12-22(13-11-19)25-21(3)24-18-31(37(34,35)30-15-8-7-9-16-30)17-14-23(24)20(2)26(25)27(28(32)33)36-29(4,5)6/h10-13,27H,7-9,14-18H2,1-6H3,(H,32,33)/t27-/m0/s1. The molecule has 1 N–H and O–H groups in total. The lowest BCUT2D eigenvalue weighted by Gasteiger charge is -2.37. The summed E-state index contributed by atoms with van der Waals surface area (Å²) in [7, 11) is -3.56. The quantitative estimate of drug-likeness (QED) is 0.549. The molecule has 0 radical (unpaired) electrons. The van der Waals surface area contributed by atoms with Gasteiger partial charge in [-0.3, -0.25) is 0 Å². The van der Waals surface area contributed by atoms with Gasteiger partial charge in [0.05, 0.1) is 5.60 Å². The van der Waals surface area contributed by atoms with E-state index < -0.39 is 27.9 Å². The fraction of sp³-hybridized carbons (Fsp3) is 0.552. The highest BCUT2D eigenvalue weighted by Crippen LogP contribution is 2.43. The van der Waals surface area contributed by atoms with Crippen molar-refractivity contribution in [2.45, 2.75) is 85.5 Å². The van der Waals surface area contributed by atoms with Crippen LogP contribution in [0.2, 0.25) is 0 Å². The van der Waals surface area contributed by atoms with Gasteiger partial charge in [0.15, 0.2) is 6.10 Å². The molecular weight excluding hydrogens is 488 g/mol. The second-order valence-corrected chi connectivity index (χ2v) is 13.3. The Bertz CT molecular complexity index is 1270. The molecule has 2 aliphatic heterocycles. The average Bonchev–Trinajstić information content (AvgIpc) is 2.85. The van der Waals surface area contributed by atoms with Crippen molar-refractivity contribution < 1.29 is 23.1 Å². The molecule has 2 aromatic rings. The van der Waals surface area contributed by atoms with E-state index in [4.69, 9.17) is 4.74 Å². The summed E-state index contributed by atoms with van der Waals surface area (Å²) in [5.74, 6) is -1.03. The summed E-state index contributed by atoms with van der Waals surface area (Å²) in [5, 5.41) is 10.3. The summed E-state index contributed by atoms with van der Waals surface area (Å²) in [5.41, 5.74) is 6.65. The summed E-state index contributed by atoms with van der Waals surface area (Å²) in [6.45, 7) is 13.4. The van der Waals surface area contributed by atoms with Crippen LogP contribution in [0.25, 0.3) is 11.1 Å². The van der Waals surface area contributed by atoms with Crippen molar-refractivity contribution in [3.63, 3.8) is 0 Å². The van der Waals surface area contributed by atoms with Crippen molar-refractivity contribution in [3.8, 4) is 11.1 Å². The molecule has 2 aromatic carbocycles. The lowest BCUT2D eigenvalue weighted by atomic mass is 9.80. The molecule has 0 saturated carbocycles. The summed E-state index contributed by atoms with van der Waals surface area (Å²) >= 11 is 0. The molecule has 7 nitrogen and oxygen atoms in total. The molecule has 0 amide bonds. The lowest BCUT2D eigenvalue weighted by molar-refractivity contribution is -0.160. The van der Waals surface area contributed by atoms with Gasteiger partial charge in [0, 0.05) is 31.7 Å². The first-order chi connectivity index (χ1) is 17.3. The summed E-state index contributed by atoms with van der Waals surface area (Å²) < 4.78 is 36.4. The zero-order chi connectivity index (χ0) is 27.1. The van der Waals surface area contributed by atoms with Gasteiger partial charge in [0.2, 0.25) is 0 Å². The van der Waals surface area contributed by atoms with Crippen molar-refractivity contribution in [1.82, 2.24) is 8.61 Å². The smallest absolute Gasteiger partial charge is 0.337 e. The third-order valence-corrected chi connectivity index (χ3v) is 9.51. The first kappa shape index (κ1) is 27.8. The molecule has 0 aliphatic carbocycles. The number of carboxylic acids is 1. The second kappa shape index (κ2) is 10.5. The highest BCUT2D eigenvalue weighted by Gasteiger charge is 2.38. The van der Waals surface area contributed by atoms with Crippen LogP contribution in [0.4, 0.5) is 0 Å².